The molecule has 1 aliphatic carbocycles. The molecule has 8 heteroatoms. The highest BCUT2D eigenvalue weighted by molar-refractivity contribution is 7.88. The lowest BCUT2D eigenvalue weighted by atomic mass is 9.80. The summed E-state index contributed by atoms with van der Waals surface area (Å²) in [7, 11) is -7.85. The fraction of sp³-hybridized carbons (Fsp3) is 0.250. The van der Waals surface area contributed by atoms with Crippen molar-refractivity contribution in [2.75, 3.05) is 0 Å². The minimum Gasteiger partial charge on any atom is -0.375 e. The van der Waals surface area contributed by atoms with Gasteiger partial charge < -0.3 is 4.18 Å². The summed E-state index contributed by atoms with van der Waals surface area (Å²) >= 11 is 0. The van der Waals surface area contributed by atoms with Crippen LogP contribution in [0.5, 0.6) is 5.75 Å². The second-order valence-electron chi connectivity index (χ2n) is 6.64. The van der Waals surface area contributed by atoms with Crippen molar-refractivity contribution in [1.82, 2.24) is 0 Å². The maximum Gasteiger partial charge on any atom is 0.534 e. The van der Waals surface area contributed by atoms with Crippen molar-refractivity contribution in [1.29, 1.82) is 0 Å². The van der Waals surface area contributed by atoms with Crippen LogP contribution in [0.1, 0.15) is 0 Å². The maximum atomic E-state index is 12.8. The normalized spacial score (nSPS) is 13.8. The maximum absolute atomic E-state index is 12.8. The molecule has 0 heterocycles. The van der Waals surface area contributed by atoms with Crippen molar-refractivity contribution in [3.05, 3.63) is 36.4 Å². The van der Waals surface area contributed by atoms with E-state index in [2.05, 4.69) is 4.18 Å². The Kier molecular flexibility index (Phi) is 3.62. The summed E-state index contributed by atoms with van der Waals surface area (Å²) in [6, 6.07) is 10.7. The van der Waals surface area contributed by atoms with Crippen molar-refractivity contribution in [2.45, 2.75) is 25.1 Å². The van der Waals surface area contributed by atoms with E-state index in [1.807, 2.05) is 37.8 Å². The second kappa shape index (κ2) is 5.09. The van der Waals surface area contributed by atoms with Crippen molar-refractivity contribution in [2.24, 2.45) is 0 Å². The zero-order valence-corrected chi connectivity index (χ0v) is 15.0. The van der Waals surface area contributed by atoms with Crippen LogP contribution in [0.2, 0.25) is 19.6 Å². The van der Waals surface area contributed by atoms with Gasteiger partial charge in [-0.1, -0.05) is 56.0 Å². The second-order valence-corrected chi connectivity index (χ2v) is 13.2. The Morgan fingerprint density at radius 2 is 1.50 bits per heavy atom. The lowest BCUT2D eigenvalue weighted by Gasteiger charge is -2.30. The van der Waals surface area contributed by atoms with Gasteiger partial charge in [-0.2, -0.15) is 21.6 Å². The number of fused-ring (bicyclic) bond motifs is 4. The van der Waals surface area contributed by atoms with E-state index < -0.39 is 23.7 Å². The third-order valence-corrected chi connectivity index (χ3v) is 6.89. The fourth-order valence-corrected chi connectivity index (χ4v) is 4.78. The summed E-state index contributed by atoms with van der Waals surface area (Å²) in [6.45, 7) is 5.77. The Labute approximate surface area is 139 Å². The molecule has 0 atom stereocenters. The third kappa shape index (κ3) is 2.53. The Morgan fingerprint density at radius 1 is 0.917 bits per heavy atom. The summed E-state index contributed by atoms with van der Waals surface area (Å²) in [4.78, 5) is 0. The highest BCUT2D eigenvalue weighted by atomic mass is 32.2. The molecule has 0 spiro atoms. The molecule has 2 aromatic rings. The van der Waals surface area contributed by atoms with Gasteiger partial charge in [0.15, 0.2) is 5.75 Å². The summed E-state index contributed by atoms with van der Waals surface area (Å²) in [5, 5.41) is 0.545. The van der Waals surface area contributed by atoms with E-state index in [0.717, 1.165) is 5.56 Å². The average molecular weight is 372 g/mol. The quantitative estimate of drug-likeness (QED) is 0.395. The molecule has 0 unspecified atom stereocenters. The van der Waals surface area contributed by atoms with E-state index in [9.17, 15) is 21.6 Å². The van der Waals surface area contributed by atoms with Gasteiger partial charge in [-0.15, -0.1) is 0 Å². The molecule has 0 aromatic heterocycles. The molecule has 0 fully saturated rings. The van der Waals surface area contributed by atoms with Gasteiger partial charge in [0.25, 0.3) is 0 Å². The van der Waals surface area contributed by atoms with E-state index in [1.54, 1.807) is 18.2 Å². The van der Waals surface area contributed by atoms with Crippen molar-refractivity contribution >= 4 is 23.4 Å². The highest BCUT2D eigenvalue weighted by Gasteiger charge is 2.50. The van der Waals surface area contributed by atoms with E-state index >= 15 is 0 Å². The van der Waals surface area contributed by atoms with Gasteiger partial charge in [0, 0.05) is 5.56 Å². The van der Waals surface area contributed by atoms with E-state index in [1.165, 1.54) is 0 Å². The molecule has 24 heavy (non-hydrogen) atoms. The number of alkyl halides is 3. The van der Waals surface area contributed by atoms with Crippen molar-refractivity contribution in [3.63, 3.8) is 0 Å². The molecule has 1 aliphatic rings. The van der Waals surface area contributed by atoms with Crippen LogP contribution in [0.3, 0.4) is 0 Å². The summed E-state index contributed by atoms with van der Waals surface area (Å²) < 4.78 is 66.1. The predicted octanol–water partition coefficient (Wildman–Crippen LogP) is 4.11. The lowest BCUT2D eigenvalue weighted by Crippen LogP contribution is -2.41. The SMILES string of the molecule is C[Si](C)(C)c1ccc2c(c1OS(=O)(=O)C(F)(F)F)-c1ccccc1-2. The Bertz CT molecular complexity index is 929. The van der Waals surface area contributed by atoms with Gasteiger partial charge in [0.05, 0.1) is 8.07 Å². The van der Waals surface area contributed by atoms with Gasteiger partial charge in [-0.3, -0.25) is 0 Å². The van der Waals surface area contributed by atoms with Crippen LogP contribution in [-0.2, 0) is 10.1 Å². The summed E-state index contributed by atoms with van der Waals surface area (Å²) in [5.41, 5.74) is -2.72. The van der Waals surface area contributed by atoms with Crippen LogP contribution in [0.4, 0.5) is 13.2 Å². The predicted molar refractivity (Wildman–Crippen MR) is 89.5 cm³/mol. The first-order valence-electron chi connectivity index (χ1n) is 7.21. The first-order chi connectivity index (χ1) is 10.9. The molecule has 128 valence electrons. The molecule has 0 amide bonds. The van der Waals surface area contributed by atoms with Crippen LogP contribution in [-0.4, -0.2) is 22.0 Å². The number of halogens is 3. The Hall–Kier alpha value is -1.80. The molecular formula is C16H15F3O3SSi. The van der Waals surface area contributed by atoms with Crippen LogP contribution in [0.25, 0.3) is 22.3 Å². The molecule has 0 aliphatic heterocycles. The van der Waals surface area contributed by atoms with E-state index in [-0.39, 0.29) is 5.75 Å². The molecule has 0 saturated heterocycles. The van der Waals surface area contributed by atoms with Crippen LogP contribution < -0.4 is 9.37 Å². The monoisotopic (exact) mass is 372 g/mol. The van der Waals surface area contributed by atoms with Gasteiger partial charge in [0.1, 0.15) is 0 Å². The molecule has 0 radical (unpaired) electrons. The Balaban J connectivity index is 2.23. The minimum atomic E-state index is -5.72. The molecule has 2 aromatic carbocycles. The van der Waals surface area contributed by atoms with Crippen LogP contribution in [0, 0.1) is 0 Å². The number of hydrogen-bond donors (Lipinski definition) is 0. The average Bonchev–Trinajstić information content (AvgIpc) is 2.41. The standard InChI is InChI=1S/C16H15F3O3SSi/c1-24(2,3)13-9-8-12-10-6-4-5-7-11(10)14(12)15(13)22-23(20,21)16(17,18)19/h4-9H,1-3H3. The number of rotatable bonds is 3. The van der Waals surface area contributed by atoms with Gasteiger partial charge in [-0.25, -0.2) is 0 Å². The third-order valence-electron chi connectivity index (χ3n) is 3.93. The Morgan fingerprint density at radius 3 is 2.04 bits per heavy atom. The lowest BCUT2D eigenvalue weighted by molar-refractivity contribution is -0.0499. The molecule has 3 nitrogen and oxygen atoms in total. The topological polar surface area (TPSA) is 43.4 Å². The van der Waals surface area contributed by atoms with Gasteiger partial charge in [-0.05, 0) is 21.9 Å². The van der Waals surface area contributed by atoms with Crippen molar-refractivity contribution in [3.8, 4) is 28.0 Å². The zero-order valence-electron chi connectivity index (χ0n) is 13.2. The minimum absolute atomic E-state index is 0.178. The van der Waals surface area contributed by atoms with E-state index in [4.69, 9.17) is 0 Å². The van der Waals surface area contributed by atoms with Gasteiger partial charge >= 0.3 is 15.6 Å². The number of benzene rings is 2. The number of hydrogen-bond acceptors (Lipinski definition) is 3. The summed E-state index contributed by atoms with van der Waals surface area (Å²) in [6.07, 6.45) is 0. The smallest absolute Gasteiger partial charge is 0.375 e. The zero-order chi connectivity index (χ0) is 17.9. The van der Waals surface area contributed by atoms with Gasteiger partial charge in [0.2, 0.25) is 0 Å². The fourth-order valence-electron chi connectivity index (χ4n) is 2.78. The molecule has 0 bridgehead atoms. The van der Waals surface area contributed by atoms with Crippen molar-refractivity contribution < 1.29 is 25.8 Å². The molecule has 0 saturated carbocycles. The highest BCUT2D eigenvalue weighted by Crippen LogP contribution is 2.52. The molecular weight excluding hydrogens is 357 g/mol. The molecule has 0 N–H and O–H groups in total. The van der Waals surface area contributed by atoms with E-state index in [0.29, 0.717) is 21.9 Å². The van der Waals surface area contributed by atoms with Crippen LogP contribution >= 0.6 is 0 Å². The largest absolute Gasteiger partial charge is 0.534 e. The summed E-state index contributed by atoms with van der Waals surface area (Å²) in [5.74, 6) is -0.178. The van der Waals surface area contributed by atoms with Crippen LogP contribution in [0.15, 0.2) is 36.4 Å². The molecule has 3 rings (SSSR count). The first-order valence-corrected chi connectivity index (χ1v) is 12.1. The first kappa shape index (κ1) is 17.0.